The number of aromatic nitrogens is 5. The Balaban J connectivity index is 1.99. The molecule has 0 fully saturated rings. The number of hydrogen-bond acceptors (Lipinski definition) is 7. The number of anilines is 1. The largest absolute Gasteiger partial charge is 0.498 e. The zero-order valence-corrected chi connectivity index (χ0v) is 17.3. The van der Waals surface area contributed by atoms with Crippen molar-refractivity contribution in [2.45, 2.75) is 6.92 Å². The van der Waals surface area contributed by atoms with Gasteiger partial charge in [-0.15, -0.1) is 5.10 Å². The van der Waals surface area contributed by atoms with E-state index in [1.165, 1.54) is 0 Å². The maximum absolute atomic E-state index is 5.36. The van der Waals surface area contributed by atoms with Crippen molar-refractivity contribution in [3.8, 4) is 5.95 Å². The van der Waals surface area contributed by atoms with Gasteiger partial charge in [-0.2, -0.15) is 9.67 Å². The number of para-hydroxylation sites is 1. The number of hydrogen-bond donors (Lipinski definition) is 1. The Morgan fingerprint density at radius 3 is 2.75 bits per heavy atom. The Kier molecular flexibility index (Phi) is 6.05. The molecule has 1 N–H and O–H groups in total. The van der Waals surface area contributed by atoms with Crippen LogP contribution in [0.2, 0.25) is 0 Å². The number of nitrogens with one attached hydrogen (secondary N) is 1. The third kappa shape index (κ3) is 4.04. The second-order valence-corrected chi connectivity index (χ2v) is 6.47. The number of methoxy groups -OCH3 is 2. The quantitative estimate of drug-likeness (QED) is 0.437. The summed E-state index contributed by atoms with van der Waals surface area (Å²) in [5.41, 5.74) is 2.25. The smallest absolute Gasteiger partial charge is 0.254 e. The van der Waals surface area contributed by atoms with E-state index >= 15 is 0 Å². The molecule has 8 nitrogen and oxygen atoms in total. The predicted octanol–water partition coefficient (Wildman–Crippen LogP) is 3.98. The van der Waals surface area contributed by atoms with Crippen LogP contribution >= 0.6 is 15.9 Å². The summed E-state index contributed by atoms with van der Waals surface area (Å²) in [6.45, 7) is 5.65. The first-order chi connectivity index (χ1) is 13.6. The molecule has 144 valence electrons. The first-order valence-corrected chi connectivity index (χ1v) is 9.10. The van der Waals surface area contributed by atoms with E-state index in [4.69, 9.17) is 9.47 Å². The Morgan fingerprint density at radius 2 is 2.04 bits per heavy atom. The highest BCUT2D eigenvalue weighted by molar-refractivity contribution is 9.10. The molecule has 0 amide bonds. The van der Waals surface area contributed by atoms with E-state index in [2.05, 4.69) is 48.1 Å². The Labute approximate surface area is 170 Å². The maximum atomic E-state index is 5.36. The zero-order chi connectivity index (χ0) is 20.1. The number of benzene rings is 1. The monoisotopic (exact) mass is 442 g/mol. The average molecular weight is 443 g/mol. The first kappa shape index (κ1) is 19.6. The van der Waals surface area contributed by atoms with Crippen LogP contribution in [0.1, 0.15) is 6.92 Å². The van der Waals surface area contributed by atoms with Crippen molar-refractivity contribution in [2.24, 2.45) is 0 Å². The molecule has 0 unspecified atom stereocenters. The van der Waals surface area contributed by atoms with Gasteiger partial charge in [-0.1, -0.05) is 23.9 Å². The van der Waals surface area contributed by atoms with Crippen molar-refractivity contribution in [2.75, 3.05) is 19.5 Å². The molecule has 0 spiro atoms. The van der Waals surface area contributed by atoms with Crippen LogP contribution in [0.3, 0.4) is 0 Å². The molecule has 9 heteroatoms. The molecule has 0 atom stereocenters. The fraction of sp³-hybridized carbons (Fsp3) is 0.158. The summed E-state index contributed by atoms with van der Waals surface area (Å²) in [7, 11) is 3.16. The summed E-state index contributed by atoms with van der Waals surface area (Å²) in [6.07, 6.45) is 5.07. The molecule has 0 saturated carbocycles. The van der Waals surface area contributed by atoms with Crippen molar-refractivity contribution < 1.29 is 9.47 Å². The second-order valence-electron chi connectivity index (χ2n) is 5.61. The van der Waals surface area contributed by atoms with Gasteiger partial charge in [0.25, 0.3) is 5.95 Å². The fourth-order valence-corrected chi connectivity index (χ4v) is 2.68. The molecular weight excluding hydrogens is 424 g/mol. The van der Waals surface area contributed by atoms with Gasteiger partial charge in [0, 0.05) is 18.0 Å². The lowest BCUT2D eigenvalue weighted by atomic mass is 10.3. The van der Waals surface area contributed by atoms with Gasteiger partial charge in [0.2, 0.25) is 0 Å². The lowest BCUT2D eigenvalue weighted by molar-refractivity contribution is 0.232. The van der Waals surface area contributed by atoms with Gasteiger partial charge in [-0.25, -0.2) is 4.98 Å². The first-order valence-electron chi connectivity index (χ1n) is 8.30. The molecule has 0 aliphatic heterocycles. The summed E-state index contributed by atoms with van der Waals surface area (Å²) in [4.78, 5) is 8.91. The van der Waals surface area contributed by atoms with Gasteiger partial charge in [-0.3, -0.25) is 0 Å². The van der Waals surface area contributed by atoms with Crippen LogP contribution in [0.15, 0.2) is 70.9 Å². The van der Waals surface area contributed by atoms with Gasteiger partial charge >= 0.3 is 0 Å². The van der Waals surface area contributed by atoms with E-state index in [1.54, 1.807) is 37.3 Å². The van der Waals surface area contributed by atoms with Crippen molar-refractivity contribution in [3.05, 3.63) is 70.9 Å². The van der Waals surface area contributed by atoms with E-state index in [9.17, 15) is 0 Å². The summed E-state index contributed by atoms with van der Waals surface area (Å²) in [5.74, 6) is 2.14. The topological polar surface area (TPSA) is 87.0 Å². The summed E-state index contributed by atoms with van der Waals surface area (Å²) in [5, 5.41) is 11.5. The minimum atomic E-state index is 0.387. The van der Waals surface area contributed by atoms with Crippen LogP contribution in [0.4, 0.5) is 5.82 Å². The van der Waals surface area contributed by atoms with Crippen LogP contribution in [-0.4, -0.2) is 39.2 Å². The van der Waals surface area contributed by atoms with Crippen LogP contribution in [0.5, 0.6) is 0 Å². The number of ether oxygens (including phenoxy) is 2. The minimum Gasteiger partial charge on any atom is -0.498 e. The number of fused-ring (bicyclic) bond motifs is 1. The highest BCUT2D eigenvalue weighted by atomic mass is 79.9. The predicted molar refractivity (Wildman–Crippen MR) is 111 cm³/mol. The number of halogens is 1. The van der Waals surface area contributed by atoms with E-state index in [-0.39, 0.29) is 0 Å². The molecule has 0 aliphatic rings. The highest BCUT2D eigenvalue weighted by Gasteiger charge is 2.12. The molecule has 1 aromatic carbocycles. The van der Waals surface area contributed by atoms with Crippen molar-refractivity contribution in [1.82, 2.24) is 25.0 Å². The summed E-state index contributed by atoms with van der Waals surface area (Å²) in [6, 6.07) is 7.61. The van der Waals surface area contributed by atoms with Crippen LogP contribution in [0, 0.1) is 0 Å². The molecule has 2 aromatic heterocycles. The Bertz CT molecular complexity index is 1070. The molecule has 2 heterocycles. The van der Waals surface area contributed by atoms with Gasteiger partial charge < -0.3 is 14.8 Å². The zero-order valence-electron chi connectivity index (χ0n) is 15.7. The number of allylic oxidation sites excluding steroid dienone is 3. The lowest BCUT2D eigenvalue weighted by Gasteiger charge is -2.12. The van der Waals surface area contributed by atoms with Crippen LogP contribution in [0.25, 0.3) is 17.0 Å². The minimum absolute atomic E-state index is 0.387. The average Bonchev–Trinajstić information content (AvgIpc) is 3.16. The maximum Gasteiger partial charge on any atom is 0.254 e. The van der Waals surface area contributed by atoms with Crippen molar-refractivity contribution >= 4 is 32.8 Å². The Morgan fingerprint density at radius 1 is 1.25 bits per heavy atom. The normalized spacial score (nSPS) is 12.5. The third-order valence-electron chi connectivity index (χ3n) is 3.91. The third-order valence-corrected chi connectivity index (χ3v) is 4.50. The van der Waals surface area contributed by atoms with Crippen molar-refractivity contribution in [3.63, 3.8) is 0 Å². The van der Waals surface area contributed by atoms with Gasteiger partial charge in [0.15, 0.2) is 5.76 Å². The molecule has 0 saturated heterocycles. The SMILES string of the molecule is C=C/C(=C\C(OC)=C(/C)OC)Nc1nc(-n2nnc3ccccc32)ncc1Br. The number of rotatable bonds is 7. The van der Waals surface area contributed by atoms with Crippen LogP contribution in [-0.2, 0) is 9.47 Å². The van der Waals surface area contributed by atoms with E-state index in [0.29, 0.717) is 33.5 Å². The second kappa shape index (κ2) is 8.66. The van der Waals surface area contributed by atoms with Crippen molar-refractivity contribution in [1.29, 1.82) is 0 Å². The standard InChI is InChI=1S/C19H19BrN6O2/c1-5-13(10-17(28-4)12(2)27-3)22-18-14(20)11-21-19(23-18)26-16-9-7-6-8-15(16)24-25-26/h5-11H,1H2,2-4H3,(H,21,22,23)/b13-10+,17-12-. The molecule has 0 radical (unpaired) electrons. The van der Waals surface area contributed by atoms with Crippen LogP contribution < -0.4 is 5.32 Å². The van der Waals surface area contributed by atoms with Gasteiger partial charge in [0.1, 0.15) is 17.1 Å². The van der Waals surface area contributed by atoms with Gasteiger partial charge in [0.05, 0.1) is 24.2 Å². The van der Waals surface area contributed by atoms with E-state index in [0.717, 1.165) is 11.0 Å². The summed E-state index contributed by atoms with van der Waals surface area (Å²) >= 11 is 3.46. The Hall–Kier alpha value is -3.20. The summed E-state index contributed by atoms with van der Waals surface area (Å²) < 4.78 is 12.8. The fourth-order valence-electron chi connectivity index (χ4n) is 2.39. The molecule has 0 aliphatic carbocycles. The molecule has 3 rings (SSSR count). The van der Waals surface area contributed by atoms with E-state index in [1.807, 2.05) is 31.2 Å². The molecule has 0 bridgehead atoms. The molecule has 3 aromatic rings. The lowest BCUT2D eigenvalue weighted by Crippen LogP contribution is -2.08. The molecule has 28 heavy (non-hydrogen) atoms. The number of nitrogens with zero attached hydrogens (tertiary/aromatic N) is 5. The van der Waals surface area contributed by atoms with Gasteiger partial charge in [-0.05, 0) is 41.1 Å². The highest BCUT2D eigenvalue weighted by Crippen LogP contribution is 2.23. The van der Waals surface area contributed by atoms with E-state index < -0.39 is 0 Å². The molecular formula is C19H19BrN6O2.